The van der Waals surface area contributed by atoms with Gasteiger partial charge in [0.15, 0.2) is 34.8 Å². The van der Waals surface area contributed by atoms with Crippen LogP contribution in [0.25, 0.3) is 0 Å². The molecule has 3 aromatic rings. The van der Waals surface area contributed by atoms with Gasteiger partial charge in [-0.05, 0) is 12.1 Å². The van der Waals surface area contributed by atoms with Crippen molar-refractivity contribution in [1.82, 2.24) is 0 Å². The van der Waals surface area contributed by atoms with Gasteiger partial charge in [0.1, 0.15) is 16.7 Å². The summed E-state index contributed by atoms with van der Waals surface area (Å²) < 4.78 is 226. The van der Waals surface area contributed by atoms with E-state index in [2.05, 4.69) is 9.47 Å². The number of ether oxygens (including phenoxy) is 2. The summed E-state index contributed by atoms with van der Waals surface area (Å²) in [4.78, 5) is 0. The van der Waals surface area contributed by atoms with Crippen molar-refractivity contribution in [3.63, 3.8) is 0 Å². The maximum Gasteiger partial charge on any atom is 0.421 e. The zero-order chi connectivity index (χ0) is 31.6. The molecule has 224 valence electrons. The zero-order valence-electron chi connectivity index (χ0n) is 18.7. The van der Waals surface area contributed by atoms with Gasteiger partial charge in [-0.15, -0.1) is 0 Å². The van der Waals surface area contributed by atoms with Crippen LogP contribution in [0.4, 0.5) is 81.6 Å². The van der Waals surface area contributed by atoms with Crippen molar-refractivity contribution < 1.29 is 79.7 Å². The summed E-state index contributed by atoms with van der Waals surface area (Å²) >= 11 is 0. The summed E-state index contributed by atoms with van der Waals surface area (Å²) in [6, 6.07) is -0.392. The summed E-state index contributed by atoms with van der Waals surface area (Å²) in [6.45, 7) is 0. The second kappa shape index (κ2) is 9.98. The van der Waals surface area contributed by atoms with E-state index < -0.39 is 110 Å². The van der Waals surface area contributed by atoms with Crippen molar-refractivity contribution >= 4 is 11.4 Å². The van der Waals surface area contributed by atoms with Gasteiger partial charge in [0.05, 0.1) is 11.4 Å². The number of halogens is 16. The lowest BCUT2D eigenvalue weighted by molar-refractivity contribution is -0.140. The van der Waals surface area contributed by atoms with Gasteiger partial charge in [0, 0.05) is 0 Å². The van der Waals surface area contributed by atoms with Crippen molar-refractivity contribution in [2.45, 2.75) is 18.5 Å². The molecule has 4 nitrogen and oxygen atoms in total. The van der Waals surface area contributed by atoms with Gasteiger partial charge in [-0.2, -0.15) is 52.7 Å². The van der Waals surface area contributed by atoms with Crippen LogP contribution in [0.2, 0.25) is 0 Å². The van der Waals surface area contributed by atoms with Crippen LogP contribution >= 0.6 is 0 Å². The van der Waals surface area contributed by atoms with Crippen LogP contribution in [0.5, 0.6) is 23.0 Å². The molecular weight excluding hydrogens is 616 g/mol. The Morgan fingerprint density at radius 3 is 1.20 bits per heavy atom. The lowest BCUT2D eigenvalue weighted by atomic mass is 10.1. The molecule has 0 amide bonds. The van der Waals surface area contributed by atoms with Crippen LogP contribution in [0.3, 0.4) is 0 Å². The molecule has 0 spiro atoms. The van der Waals surface area contributed by atoms with Gasteiger partial charge in [-0.1, -0.05) is 0 Å². The van der Waals surface area contributed by atoms with Crippen molar-refractivity contribution in [2.24, 2.45) is 0 Å². The third-order valence-corrected chi connectivity index (χ3v) is 4.98. The van der Waals surface area contributed by atoms with Crippen molar-refractivity contribution in [3.8, 4) is 23.0 Å². The average molecular weight is 622 g/mol. The number of hydrogen-bond donors (Lipinski definition) is 2. The Morgan fingerprint density at radius 2 is 0.829 bits per heavy atom. The lowest BCUT2D eigenvalue weighted by Crippen LogP contribution is -2.17. The third kappa shape index (κ3) is 5.41. The standard InChI is InChI=1S/C21H6F16N2O2/c22-7-4(40-17-10(25)8(23)5(20(32,33)34)14(38)12(17)27)2-1-3(19(29,30)31)16(7)41-18-11(26)9(24)6(21(35,36)37)15(39)13(18)28/h1-2H,38-39H2. The van der Waals surface area contributed by atoms with Crippen LogP contribution in [0.15, 0.2) is 12.1 Å². The molecule has 0 aliphatic heterocycles. The highest BCUT2D eigenvalue weighted by atomic mass is 19.4. The highest BCUT2D eigenvalue weighted by Crippen LogP contribution is 2.48. The summed E-state index contributed by atoms with van der Waals surface area (Å²) in [7, 11) is 0. The van der Waals surface area contributed by atoms with Crippen LogP contribution in [0, 0.1) is 40.7 Å². The molecule has 0 saturated carbocycles. The van der Waals surface area contributed by atoms with Crippen molar-refractivity contribution in [2.75, 3.05) is 11.5 Å². The Hall–Kier alpha value is -4.26. The molecular formula is C21H6F16N2O2. The number of hydrogen-bond acceptors (Lipinski definition) is 4. The van der Waals surface area contributed by atoms with Gasteiger partial charge < -0.3 is 20.9 Å². The monoisotopic (exact) mass is 622 g/mol. The van der Waals surface area contributed by atoms with E-state index >= 15 is 4.39 Å². The number of nitrogens with two attached hydrogens (primary N) is 2. The van der Waals surface area contributed by atoms with Gasteiger partial charge in [0.25, 0.3) is 0 Å². The van der Waals surface area contributed by atoms with E-state index in [4.69, 9.17) is 11.5 Å². The van der Waals surface area contributed by atoms with E-state index in [0.717, 1.165) is 0 Å². The van der Waals surface area contributed by atoms with Crippen LogP contribution in [0.1, 0.15) is 16.7 Å². The first-order valence-corrected chi connectivity index (χ1v) is 9.83. The highest BCUT2D eigenvalue weighted by molar-refractivity contribution is 5.59. The Labute approximate surface area is 214 Å². The second-order valence-corrected chi connectivity index (χ2v) is 7.57. The molecule has 4 N–H and O–H groups in total. The van der Waals surface area contributed by atoms with Gasteiger partial charge in [0.2, 0.25) is 29.0 Å². The van der Waals surface area contributed by atoms with E-state index in [-0.39, 0.29) is 12.1 Å². The molecule has 0 fully saturated rings. The fourth-order valence-corrected chi connectivity index (χ4v) is 3.20. The Balaban J connectivity index is 2.26. The minimum absolute atomic E-state index is 0.121. The van der Waals surface area contributed by atoms with Gasteiger partial charge in [-0.25, -0.2) is 17.6 Å². The topological polar surface area (TPSA) is 70.5 Å². The molecule has 0 unspecified atom stereocenters. The molecule has 0 aliphatic rings. The van der Waals surface area contributed by atoms with Gasteiger partial charge in [-0.3, -0.25) is 0 Å². The van der Waals surface area contributed by atoms with E-state index in [1.165, 1.54) is 0 Å². The zero-order valence-corrected chi connectivity index (χ0v) is 18.7. The molecule has 3 rings (SSSR count). The number of nitrogen functional groups attached to an aromatic ring is 2. The predicted molar refractivity (Wildman–Crippen MR) is 103 cm³/mol. The summed E-state index contributed by atoms with van der Waals surface area (Å²) in [6.07, 6.45) is -17.4. The van der Waals surface area contributed by atoms with Crippen LogP contribution in [-0.2, 0) is 18.5 Å². The maximum absolute atomic E-state index is 15.1. The fraction of sp³-hybridized carbons (Fsp3) is 0.143. The quantitative estimate of drug-likeness (QED) is 0.174. The smallest absolute Gasteiger partial charge is 0.421 e. The van der Waals surface area contributed by atoms with E-state index in [9.17, 15) is 65.9 Å². The summed E-state index contributed by atoms with van der Waals surface area (Å²) in [5.74, 6) is -28.5. The minimum Gasteiger partial charge on any atom is -0.448 e. The average Bonchev–Trinajstić information content (AvgIpc) is 2.81. The normalized spacial score (nSPS) is 12.6. The van der Waals surface area contributed by atoms with Crippen molar-refractivity contribution in [1.29, 1.82) is 0 Å². The summed E-state index contributed by atoms with van der Waals surface area (Å²) in [5, 5.41) is 0. The molecule has 0 saturated heterocycles. The number of rotatable bonds is 4. The van der Waals surface area contributed by atoms with E-state index in [1.807, 2.05) is 0 Å². The van der Waals surface area contributed by atoms with Gasteiger partial charge >= 0.3 is 18.5 Å². The van der Waals surface area contributed by atoms with E-state index in [1.54, 1.807) is 0 Å². The molecule has 3 aromatic carbocycles. The molecule has 0 aromatic heterocycles. The molecule has 0 atom stereocenters. The molecule has 0 bridgehead atoms. The third-order valence-electron chi connectivity index (χ3n) is 4.98. The molecule has 0 heterocycles. The molecule has 20 heteroatoms. The first-order chi connectivity index (χ1) is 18.5. The Bertz CT molecular complexity index is 1490. The number of benzene rings is 3. The number of alkyl halides is 9. The Morgan fingerprint density at radius 1 is 0.439 bits per heavy atom. The first kappa shape index (κ1) is 31.3. The second-order valence-electron chi connectivity index (χ2n) is 7.57. The first-order valence-electron chi connectivity index (χ1n) is 9.83. The minimum atomic E-state index is -5.85. The molecule has 41 heavy (non-hydrogen) atoms. The SMILES string of the molecule is Nc1c(F)c(Oc2ccc(C(F)(F)F)c(Oc3c(F)c(N)c(C(F)(F)F)c(F)c3F)c2F)c(F)c(F)c1C(F)(F)F. The maximum atomic E-state index is 15.1. The van der Waals surface area contributed by atoms with Crippen LogP contribution < -0.4 is 20.9 Å². The Kier molecular flexibility index (Phi) is 7.61. The molecule has 0 aliphatic carbocycles. The number of anilines is 2. The highest BCUT2D eigenvalue weighted by Gasteiger charge is 2.44. The molecule has 0 radical (unpaired) electrons. The van der Waals surface area contributed by atoms with Crippen molar-refractivity contribution in [3.05, 3.63) is 69.5 Å². The summed E-state index contributed by atoms with van der Waals surface area (Å²) in [5.41, 5.74) is -2.61. The lowest BCUT2D eigenvalue weighted by Gasteiger charge is -2.20. The van der Waals surface area contributed by atoms with E-state index in [0.29, 0.717) is 0 Å². The largest absolute Gasteiger partial charge is 0.448 e. The predicted octanol–water partition coefficient (Wildman–Crippen LogP) is 8.47. The van der Waals surface area contributed by atoms with Crippen LogP contribution in [-0.4, -0.2) is 0 Å². The fourth-order valence-electron chi connectivity index (χ4n) is 3.20.